The SMILES string of the molecule is C[C@@H]1[C@H](NC(=O)OC(C)(C)C)[C@@H](O)[C@@H]2OC(C)(C)O[C@H]12. The summed E-state index contributed by atoms with van der Waals surface area (Å²) in [5.41, 5.74) is -0.568. The van der Waals surface area contributed by atoms with E-state index in [1.165, 1.54) is 0 Å². The van der Waals surface area contributed by atoms with Crippen molar-refractivity contribution >= 4 is 6.09 Å². The molecule has 0 aromatic rings. The number of hydrogen-bond acceptors (Lipinski definition) is 5. The number of hydrogen-bond donors (Lipinski definition) is 2. The quantitative estimate of drug-likeness (QED) is 0.762. The maximum absolute atomic E-state index is 11.8. The average Bonchev–Trinajstić information content (AvgIpc) is 2.66. The number of rotatable bonds is 1. The molecule has 0 aromatic carbocycles. The highest BCUT2D eigenvalue weighted by atomic mass is 16.8. The van der Waals surface area contributed by atoms with Crippen LogP contribution in [0.1, 0.15) is 41.5 Å². The van der Waals surface area contributed by atoms with Gasteiger partial charge in [0, 0.05) is 5.92 Å². The number of ether oxygens (including phenoxy) is 3. The van der Waals surface area contributed by atoms with E-state index in [-0.39, 0.29) is 12.0 Å². The zero-order chi connectivity index (χ0) is 15.3. The minimum atomic E-state index is -0.802. The van der Waals surface area contributed by atoms with E-state index in [0.717, 1.165) is 0 Å². The van der Waals surface area contributed by atoms with Gasteiger partial charge in [0.1, 0.15) is 17.8 Å². The fourth-order valence-electron chi connectivity index (χ4n) is 2.87. The van der Waals surface area contributed by atoms with E-state index in [0.29, 0.717) is 0 Å². The Morgan fingerprint density at radius 2 is 1.80 bits per heavy atom. The van der Waals surface area contributed by atoms with Crippen LogP contribution in [0.15, 0.2) is 0 Å². The Morgan fingerprint density at radius 1 is 1.25 bits per heavy atom. The van der Waals surface area contributed by atoms with E-state index in [2.05, 4.69) is 5.32 Å². The second-order valence-corrected chi connectivity index (χ2v) is 7.09. The van der Waals surface area contributed by atoms with Gasteiger partial charge >= 0.3 is 6.09 Å². The lowest BCUT2D eigenvalue weighted by atomic mass is 10.0. The lowest BCUT2D eigenvalue weighted by Gasteiger charge is -2.28. The standard InChI is InChI=1S/C14H25NO5/c1-7-8(15-12(17)20-13(2,3)4)9(16)11-10(7)18-14(5,6)19-11/h7-11,16H,1-6H3,(H,15,17)/t7-,8+,9-,10-,11+/m1/s1. The van der Waals surface area contributed by atoms with Crippen molar-refractivity contribution in [2.45, 2.75) is 77.3 Å². The van der Waals surface area contributed by atoms with Gasteiger partial charge < -0.3 is 24.6 Å². The van der Waals surface area contributed by atoms with Gasteiger partial charge in [-0.3, -0.25) is 0 Å². The van der Waals surface area contributed by atoms with E-state index < -0.39 is 35.7 Å². The Bertz CT molecular complexity index is 370. The molecule has 0 radical (unpaired) electrons. The number of carbonyl (C=O) groups is 1. The minimum absolute atomic E-state index is 0.0516. The summed E-state index contributed by atoms with van der Waals surface area (Å²) in [6.45, 7) is 11.0. The minimum Gasteiger partial charge on any atom is -0.444 e. The molecule has 116 valence electrons. The first kappa shape index (κ1) is 15.5. The summed E-state index contributed by atoms with van der Waals surface area (Å²) < 4.78 is 16.7. The zero-order valence-electron chi connectivity index (χ0n) is 13.0. The molecule has 0 spiro atoms. The van der Waals surface area contributed by atoms with Crippen LogP contribution in [-0.2, 0) is 14.2 Å². The van der Waals surface area contributed by atoms with Gasteiger partial charge in [-0.1, -0.05) is 6.92 Å². The summed E-state index contributed by atoms with van der Waals surface area (Å²) in [5.74, 6) is -0.745. The lowest BCUT2D eigenvalue weighted by Crippen LogP contribution is -2.48. The monoisotopic (exact) mass is 287 g/mol. The van der Waals surface area contributed by atoms with Crippen LogP contribution in [0.3, 0.4) is 0 Å². The van der Waals surface area contributed by atoms with Crippen molar-refractivity contribution in [2.24, 2.45) is 5.92 Å². The molecule has 6 nitrogen and oxygen atoms in total. The zero-order valence-corrected chi connectivity index (χ0v) is 13.0. The second-order valence-electron chi connectivity index (χ2n) is 7.09. The highest BCUT2D eigenvalue weighted by Crippen LogP contribution is 2.41. The summed E-state index contributed by atoms with van der Waals surface area (Å²) in [4.78, 5) is 11.8. The van der Waals surface area contributed by atoms with Crippen molar-refractivity contribution in [3.63, 3.8) is 0 Å². The molecule has 1 amide bonds. The van der Waals surface area contributed by atoms with Gasteiger partial charge in [0.25, 0.3) is 0 Å². The van der Waals surface area contributed by atoms with Gasteiger partial charge in [-0.05, 0) is 34.6 Å². The Kier molecular flexibility index (Phi) is 3.77. The summed E-state index contributed by atoms with van der Waals surface area (Å²) in [6.07, 6.45) is -1.98. The summed E-state index contributed by atoms with van der Waals surface area (Å²) in [5, 5.41) is 13.1. The van der Waals surface area contributed by atoms with E-state index in [4.69, 9.17) is 14.2 Å². The topological polar surface area (TPSA) is 77.0 Å². The molecule has 6 heteroatoms. The Morgan fingerprint density at radius 3 is 2.30 bits per heavy atom. The molecule has 5 atom stereocenters. The average molecular weight is 287 g/mol. The van der Waals surface area contributed by atoms with Crippen LogP contribution in [0.4, 0.5) is 4.79 Å². The van der Waals surface area contributed by atoms with Crippen LogP contribution in [0.2, 0.25) is 0 Å². The lowest BCUT2D eigenvalue weighted by molar-refractivity contribution is -0.169. The third kappa shape index (κ3) is 3.07. The van der Waals surface area contributed by atoms with E-state index in [1.54, 1.807) is 20.8 Å². The molecule has 1 saturated heterocycles. The fraction of sp³-hybridized carbons (Fsp3) is 0.929. The Balaban J connectivity index is 2.00. The van der Waals surface area contributed by atoms with Crippen molar-refractivity contribution in [3.8, 4) is 0 Å². The molecule has 2 fully saturated rings. The molecule has 2 aliphatic rings. The van der Waals surface area contributed by atoms with Gasteiger partial charge in [-0.15, -0.1) is 0 Å². The van der Waals surface area contributed by atoms with Crippen molar-refractivity contribution in [1.82, 2.24) is 5.32 Å². The molecule has 1 aliphatic heterocycles. The van der Waals surface area contributed by atoms with Crippen LogP contribution in [0.25, 0.3) is 0 Å². The van der Waals surface area contributed by atoms with Gasteiger partial charge in [0.15, 0.2) is 5.79 Å². The van der Waals surface area contributed by atoms with E-state index in [9.17, 15) is 9.90 Å². The molecule has 1 aliphatic carbocycles. The fourth-order valence-corrected chi connectivity index (χ4v) is 2.87. The largest absolute Gasteiger partial charge is 0.444 e. The molecular weight excluding hydrogens is 262 g/mol. The highest BCUT2D eigenvalue weighted by Gasteiger charge is 2.57. The molecule has 2 N–H and O–H groups in total. The van der Waals surface area contributed by atoms with Crippen LogP contribution < -0.4 is 5.32 Å². The van der Waals surface area contributed by atoms with E-state index in [1.807, 2.05) is 20.8 Å². The van der Waals surface area contributed by atoms with Crippen molar-refractivity contribution < 1.29 is 24.1 Å². The van der Waals surface area contributed by atoms with Gasteiger partial charge in [0.05, 0.1) is 12.1 Å². The number of aliphatic hydroxyl groups excluding tert-OH is 1. The normalized spacial score (nSPS) is 39.5. The van der Waals surface area contributed by atoms with Crippen molar-refractivity contribution in [1.29, 1.82) is 0 Å². The van der Waals surface area contributed by atoms with Crippen LogP contribution in [-0.4, -0.2) is 46.9 Å². The first-order valence-corrected chi connectivity index (χ1v) is 7.03. The predicted molar refractivity (Wildman–Crippen MR) is 72.2 cm³/mol. The molecule has 2 rings (SSSR count). The smallest absolute Gasteiger partial charge is 0.407 e. The van der Waals surface area contributed by atoms with Gasteiger partial charge in [0.2, 0.25) is 0 Å². The maximum Gasteiger partial charge on any atom is 0.407 e. The number of carbonyl (C=O) groups excluding carboxylic acids is 1. The molecule has 0 unspecified atom stereocenters. The number of amides is 1. The Labute approximate surface area is 119 Å². The third-order valence-corrected chi connectivity index (χ3v) is 3.64. The van der Waals surface area contributed by atoms with Gasteiger partial charge in [-0.2, -0.15) is 0 Å². The molecule has 20 heavy (non-hydrogen) atoms. The van der Waals surface area contributed by atoms with Gasteiger partial charge in [-0.25, -0.2) is 4.79 Å². The number of alkyl carbamates (subject to hydrolysis) is 1. The van der Waals surface area contributed by atoms with Crippen LogP contribution in [0.5, 0.6) is 0 Å². The summed E-state index contributed by atoms with van der Waals surface area (Å²) >= 11 is 0. The van der Waals surface area contributed by atoms with E-state index >= 15 is 0 Å². The van der Waals surface area contributed by atoms with Crippen LogP contribution >= 0.6 is 0 Å². The van der Waals surface area contributed by atoms with Crippen molar-refractivity contribution in [3.05, 3.63) is 0 Å². The predicted octanol–water partition coefficient (Wildman–Crippen LogP) is 1.41. The molecule has 1 heterocycles. The molecule has 0 bridgehead atoms. The number of aliphatic hydroxyl groups is 1. The number of nitrogens with one attached hydrogen (secondary N) is 1. The third-order valence-electron chi connectivity index (χ3n) is 3.64. The van der Waals surface area contributed by atoms with Crippen LogP contribution in [0, 0.1) is 5.92 Å². The first-order chi connectivity index (χ1) is 9.00. The summed E-state index contributed by atoms with van der Waals surface area (Å²) in [7, 11) is 0. The second kappa shape index (κ2) is 4.86. The highest BCUT2D eigenvalue weighted by molar-refractivity contribution is 5.68. The first-order valence-electron chi connectivity index (χ1n) is 7.03. The Hall–Kier alpha value is -0.850. The number of fused-ring (bicyclic) bond motifs is 1. The summed E-state index contributed by atoms with van der Waals surface area (Å²) in [6, 6.07) is -0.434. The maximum atomic E-state index is 11.8. The molecule has 0 aromatic heterocycles. The van der Waals surface area contributed by atoms with Crippen molar-refractivity contribution in [2.75, 3.05) is 0 Å². The molecular formula is C14H25NO5. The molecule has 1 saturated carbocycles.